The monoisotopic (exact) mass is 454 g/mol. The standard InChI is InChI=1S/C25H22N6OS/c1-13-4-2-5-15-16(13)9-20-22(15)24(30-11-17-18(12-30)23(17)26)29-25(28-20)33-14-8-21-19(27-10-14)6-3-7-31(21)32/h2-8,10,17-18,23H,9,11-12,26H2,1H3. The van der Waals surface area contributed by atoms with Gasteiger partial charge >= 0.3 is 0 Å². The number of hydrogen-bond donors (Lipinski definition) is 1. The highest BCUT2D eigenvalue weighted by Gasteiger charge is 2.54. The van der Waals surface area contributed by atoms with Crippen LogP contribution in [0, 0.1) is 24.0 Å². The second kappa shape index (κ2) is 6.88. The van der Waals surface area contributed by atoms with Crippen molar-refractivity contribution in [1.29, 1.82) is 0 Å². The lowest BCUT2D eigenvalue weighted by molar-refractivity contribution is -0.577. The van der Waals surface area contributed by atoms with Crippen molar-refractivity contribution in [2.75, 3.05) is 18.0 Å². The van der Waals surface area contributed by atoms with Crippen LogP contribution in [0.3, 0.4) is 0 Å². The largest absolute Gasteiger partial charge is 0.618 e. The van der Waals surface area contributed by atoms with Crippen LogP contribution in [0.4, 0.5) is 5.82 Å². The molecule has 1 aliphatic heterocycles. The first-order valence-electron chi connectivity index (χ1n) is 11.2. The summed E-state index contributed by atoms with van der Waals surface area (Å²) in [4.78, 5) is 17.7. The van der Waals surface area contributed by atoms with Gasteiger partial charge in [0.05, 0.1) is 5.69 Å². The molecule has 2 fully saturated rings. The highest BCUT2D eigenvalue weighted by Crippen LogP contribution is 2.49. The maximum Gasteiger partial charge on any atom is 0.243 e. The zero-order valence-electron chi connectivity index (χ0n) is 18.1. The van der Waals surface area contributed by atoms with Crippen LogP contribution in [0.1, 0.15) is 16.8 Å². The number of benzene rings is 1. The average molecular weight is 455 g/mol. The lowest BCUT2D eigenvalue weighted by atomic mass is 10.0. The maximum absolute atomic E-state index is 12.2. The summed E-state index contributed by atoms with van der Waals surface area (Å²) in [6.07, 6.45) is 4.09. The van der Waals surface area contributed by atoms with Gasteiger partial charge in [0.1, 0.15) is 11.3 Å². The average Bonchev–Trinajstić information content (AvgIpc) is 3.17. The van der Waals surface area contributed by atoms with Gasteiger partial charge in [-0.25, -0.2) is 15.0 Å². The van der Waals surface area contributed by atoms with Crippen LogP contribution in [0.15, 0.2) is 58.8 Å². The Morgan fingerprint density at radius 2 is 2.00 bits per heavy atom. The van der Waals surface area contributed by atoms with Crippen molar-refractivity contribution in [1.82, 2.24) is 15.0 Å². The van der Waals surface area contributed by atoms with Crippen LogP contribution >= 0.6 is 11.8 Å². The minimum atomic E-state index is 0.335. The number of aromatic nitrogens is 4. The number of nitrogens with two attached hydrogens (primary N) is 1. The van der Waals surface area contributed by atoms with E-state index in [1.54, 1.807) is 12.3 Å². The van der Waals surface area contributed by atoms with Crippen LogP contribution in [0.5, 0.6) is 0 Å². The predicted octanol–water partition coefficient (Wildman–Crippen LogP) is 3.08. The normalized spacial score (nSPS) is 22.4. The fourth-order valence-corrected chi connectivity index (χ4v) is 6.21. The van der Waals surface area contributed by atoms with E-state index in [4.69, 9.17) is 15.7 Å². The summed E-state index contributed by atoms with van der Waals surface area (Å²) in [5.74, 6) is 2.16. The molecule has 2 atom stereocenters. The van der Waals surface area contributed by atoms with E-state index < -0.39 is 0 Å². The van der Waals surface area contributed by atoms with Crippen LogP contribution in [-0.4, -0.2) is 34.1 Å². The van der Waals surface area contributed by atoms with Crippen molar-refractivity contribution in [3.8, 4) is 11.1 Å². The molecule has 0 radical (unpaired) electrons. The van der Waals surface area contributed by atoms with Gasteiger partial charge in [-0.2, -0.15) is 4.73 Å². The smallest absolute Gasteiger partial charge is 0.243 e. The number of aryl methyl sites for hydroxylation is 1. The van der Waals surface area contributed by atoms with Gasteiger partial charge in [-0.15, -0.1) is 0 Å². The molecule has 164 valence electrons. The fourth-order valence-electron chi connectivity index (χ4n) is 5.44. The second-order valence-corrected chi connectivity index (χ2v) is 10.3. The minimum absolute atomic E-state index is 0.335. The lowest BCUT2D eigenvalue weighted by Crippen LogP contribution is -2.29. The van der Waals surface area contributed by atoms with Crippen molar-refractivity contribution in [2.45, 2.75) is 29.4 Å². The molecule has 7 nitrogen and oxygen atoms in total. The quantitative estimate of drug-likeness (QED) is 0.254. The Bertz CT molecular complexity index is 1440. The van der Waals surface area contributed by atoms with Crippen molar-refractivity contribution in [3.05, 3.63) is 70.8 Å². The number of fused-ring (bicyclic) bond motifs is 5. The third-order valence-electron chi connectivity index (χ3n) is 7.32. The molecule has 2 aliphatic carbocycles. The summed E-state index contributed by atoms with van der Waals surface area (Å²) < 4.78 is 0.848. The third kappa shape index (κ3) is 2.94. The van der Waals surface area contributed by atoms with Crippen LogP contribution in [0.2, 0.25) is 0 Å². The molecule has 0 bridgehead atoms. The number of pyridine rings is 2. The molecule has 3 aromatic heterocycles. The molecular formula is C25H22N6OS. The molecule has 8 heteroatoms. The molecule has 2 N–H and O–H groups in total. The number of nitrogens with zero attached hydrogens (tertiary/aromatic N) is 5. The third-order valence-corrected chi connectivity index (χ3v) is 8.15. The highest BCUT2D eigenvalue weighted by molar-refractivity contribution is 7.99. The van der Waals surface area contributed by atoms with Crippen LogP contribution in [-0.2, 0) is 6.42 Å². The SMILES string of the molecule is Cc1cccc2c1Cc1nc(Sc3cnc4ccc[n+]([O-])c4c3)nc(N3CC4C(N)C4C3)c1-2. The van der Waals surface area contributed by atoms with E-state index >= 15 is 0 Å². The van der Waals surface area contributed by atoms with E-state index in [0.29, 0.717) is 34.1 Å². The predicted molar refractivity (Wildman–Crippen MR) is 127 cm³/mol. The Morgan fingerprint density at radius 1 is 1.15 bits per heavy atom. The van der Waals surface area contributed by atoms with Crippen molar-refractivity contribution in [3.63, 3.8) is 0 Å². The Kier molecular flexibility index (Phi) is 4.02. The number of rotatable bonds is 3. The van der Waals surface area contributed by atoms with E-state index in [1.165, 1.54) is 40.2 Å². The van der Waals surface area contributed by atoms with Crippen LogP contribution < -0.4 is 15.4 Å². The summed E-state index contributed by atoms with van der Waals surface area (Å²) >= 11 is 1.46. The summed E-state index contributed by atoms with van der Waals surface area (Å²) in [6, 6.07) is 12.2. The molecule has 0 amide bonds. The van der Waals surface area contributed by atoms with E-state index in [-0.39, 0.29) is 0 Å². The molecule has 33 heavy (non-hydrogen) atoms. The van der Waals surface area contributed by atoms with Crippen LogP contribution in [0.25, 0.3) is 22.2 Å². The molecule has 4 heterocycles. The Morgan fingerprint density at radius 3 is 2.85 bits per heavy atom. The van der Waals surface area contributed by atoms with Gasteiger partial charge < -0.3 is 15.8 Å². The van der Waals surface area contributed by atoms with Gasteiger partial charge in [0, 0.05) is 54.3 Å². The van der Waals surface area contributed by atoms with Crippen molar-refractivity contribution < 1.29 is 4.73 Å². The van der Waals surface area contributed by atoms with E-state index in [1.807, 2.05) is 12.1 Å². The summed E-state index contributed by atoms with van der Waals surface area (Å²) in [7, 11) is 0. The number of anilines is 1. The first kappa shape index (κ1) is 19.3. The van der Waals surface area contributed by atoms with Gasteiger partial charge in [-0.05, 0) is 53.3 Å². The molecule has 3 aliphatic rings. The second-order valence-electron chi connectivity index (χ2n) is 9.25. The molecule has 1 saturated carbocycles. The van der Waals surface area contributed by atoms with Gasteiger partial charge in [-0.3, -0.25) is 0 Å². The maximum atomic E-state index is 12.2. The molecule has 4 aromatic rings. The highest BCUT2D eigenvalue weighted by atomic mass is 32.2. The summed E-state index contributed by atoms with van der Waals surface area (Å²) in [6.45, 7) is 4.07. The van der Waals surface area contributed by atoms with Gasteiger partial charge in [0.15, 0.2) is 11.4 Å². The topological polar surface area (TPSA) is 94.9 Å². The van der Waals surface area contributed by atoms with E-state index in [0.717, 1.165) is 40.6 Å². The molecule has 0 spiro atoms. The van der Waals surface area contributed by atoms with E-state index in [2.05, 4.69) is 35.0 Å². The zero-order chi connectivity index (χ0) is 22.3. The lowest BCUT2D eigenvalue weighted by Gasteiger charge is -2.23. The molecule has 1 saturated heterocycles. The first-order valence-corrected chi connectivity index (χ1v) is 12.0. The van der Waals surface area contributed by atoms with Gasteiger partial charge in [0.2, 0.25) is 5.52 Å². The first-order chi connectivity index (χ1) is 16.1. The Labute approximate surface area is 195 Å². The molecular weight excluding hydrogens is 432 g/mol. The Hall–Kier alpha value is -3.23. The van der Waals surface area contributed by atoms with Gasteiger partial charge in [-0.1, -0.05) is 18.2 Å². The minimum Gasteiger partial charge on any atom is -0.618 e. The summed E-state index contributed by atoms with van der Waals surface area (Å²) in [5, 5.41) is 12.9. The number of hydrogen-bond acceptors (Lipinski definition) is 7. The fraction of sp³-hybridized carbons (Fsp3) is 0.280. The summed E-state index contributed by atoms with van der Waals surface area (Å²) in [5.41, 5.74) is 13.5. The van der Waals surface area contributed by atoms with Gasteiger partial charge in [0.25, 0.3) is 0 Å². The number of piperidine rings is 1. The molecule has 1 aromatic carbocycles. The van der Waals surface area contributed by atoms with Crippen molar-refractivity contribution >= 4 is 28.6 Å². The molecule has 2 unspecified atom stereocenters. The molecule has 7 rings (SSSR count). The van der Waals surface area contributed by atoms with E-state index in [9.17, 15) is 5.21 Å². The van der Waals surface area contributed by atoms with Crippen molar-refractivity contribution in [2.24, 2.45) is 17.6 Å². The Balaban J connectivity index is 1.32. The zero-order valence-corrected chi connectivity index (χ0v) is 18.9.